The van der Waals surface area contributed by atoms with Gasteiger partial charge in [0.2, 0.25) is 0 Å². The van der Waals surface area contributed by atoms with Gasteiger partial charge in [0.15, 0.2) is 0 Å². The van der Waals surface area contributed by atoms with Crippen LogP contribution in [0.3, 0.4) is 0 Å². The van der Waals surface area contributed by atoms with E-state index in [1.54, 1.807) is 0 Å². The third-order valence-corrected chi connectivity index (χ3v) is 6.74. The lowest BCUT2D eigenvalue weighted by molar-refractivity contribution is -0.138. The number of carboxylic acid groups (broad SMARTS) is 1. The number of nitrogens with zero attached hydrogens (tertiary/aromatic N) is 2. The van der Waals surface area contributed by atoms with Crippen LogP contribution in [0.15, 0.2) is 42.0 Å². The summed E-state index contributed by atoms with van der Waals surface area (Å²) in [6.07, 6.45) is 3.90. The van der Waals surface area contributed by atoms with Crippen molar-refractivity contribution in [2.45, 2.75) is 45.8 Å². The van der Waals surface area contributed by atoms with Crippen LogP contribution in [0.2, 0.25) is 5.15 Å². The van der Waals surface area contributed by atoms with Crippen molar-refractivity contribution < 1.29 is 14.6 Å². The maximum Gasteiger partial charge on any atom is 0.317 e. The number of ether oxygens (including phenoxy) is 1. The standard InChI is InChI=1S/C26H30ClN3O3/c1-15(2)25(20-8-10-23-22(13-20)26(27)29-28-23)33-21-9-7-18-11-17(5-6-19(18)12-21)16(3)30(4)14-24(31)32/h7-13,15-16,25H,5-6,14H2,1-4H3,(H,28,29)(H,31,32). The van der Waals surface area contributed by atoms with Gasteiger partial charge >= 0.3 is 5.97 Å². The molecule has 33 heavy (non-hydrogen) atoms. The molecule has 0 radical (unpaired) electrons. The fraction of sp³-hybridized carbons (Fsp3) is 0.385. The largest absolute Gasteiger partial charge is 0.485 e. The van der Waals surface area contributed by atoms with E-state index in [2.05, 4.69) is 49.2 Å². The number of aliphatic carboxylic acids is 1. The first kappa shape index (κ1) is 23.3. The lowest BCUT2D eigenvalue weighted by Crippen LogP contribution is -2.35. The summed E-state index contributed by atoms with van der Waals surface area (Å²) in [7, 11) is 1.85. The van der Waals surface area contributed by atoms with Gasteiger partial charge in [-0.15, -0.1) is 0 Å². The molecule has 1 aliphatic rings. The van der Waals surface area contributed by atoms with Gasteiger partial charge in [-0.1, -0.05) is 49.2 Å². The molecule has 4 rings (SSSR count). The van der Waals surface area contributed by atoms with Crippen LogP contribution in [0.4, 0.5) is 0 Å². The highest BCUT2D eigenvalue weighted by Gasteiger charge is 2.22. The molecule has 7 heteroatoms. The number of carbonyl (C=O) groups is 1. The molecule has 1 aliphatic carbocycles. The van der Waals surface area contributed by atoms with Gasteiger partial charge in [0.05, 0.1) is 12.1 Å². The molecule has 2 aromatic carbocycles. The number of halogens is 1. The number of aromatic amines is 1. The molecule has 1 heterocycles. The second kappa shape index (κ2) is 9.57. The average molecular weight is 468 g/mol. The Balaban J connectivity index is 1.55. The van der Waals surface area contributed by atoms with E-state index < -0.39 is 5.97 Å². The summed E-state index contributed by atoms with van der Waals surface area (Å²) < 4.78 is 6.48. The predicted molar refractivity (Wildman–Crippen MR) is 132 cm³/mol. The zero-order chi connectivity index (χ0) is 23.7. The van der Waals surface area contributed by atoms with Gasteiger partial charge < -0.3 is 9.84 Å². The number of nitrogens with one attached hydrogen (secondary N) is 1. The topological polar surface area (TPSA) is 78.4 Å². The van der Waals surface area contributed by atoms with Gasteiger partial charge in [0.1, 0.15) is 17.0 Å². The van der Waals surface area contributed by atoms with Gasteiger partial charge in [-0.05, 0) is 73.7 Å². The van der Waals surface area contributed by atoms with Crippen LogP contribution >= 0.6 is 11.6 Å². The Hall–Kier alpha value is -2.83. The Bertz CT molecular complexity index is 1200. The third kappa shape index (κ3) is 5.07. The Morgan fingerprint density at radius 3 is 2.73 bits per heavy atom. The Kier molecular flexibility index (Phi) is 6.77. The van der Waals surface area contributed by atoms with Gasteiger partial charge in [-0.3, -0.25) is 14.8 Å². The van der Waals surface area contributed by atoms with Crippen molar-refractivity contribution in [1.82, 2.24) is 15.1 Å². The van der Waals surface area contributed by atoms with E-state index in [-0.39, 0.29) is 24.6 Å². The first-order valence-corrected chi connectivity index (χ1v) is 11.7. The first-order chi connectivity index (χ1) is 15.7. The number of rotatable bonds is 8. The highest BCUT2D eigenvalue weighted by molar-refractivity contribution is 6.34. The summed E-state index contributed by atoms with van der Waals surface area (Å²) in [5.74, 6) is 0.303. The minimum absolute atomic E-state index is 0.0323. The monoisotopic (exact) mass is 467 g/mol. The van der Waals surface area contributed by atoms with Crippen molar-refractivity contribution in [2.24, 2.45) is 5.92 Å². The molecule has 3 aromatic rings. The van der Waals surface area contributed by atoms with E-state index in [0.29, 0.717) is 5.15 Å². The summed E-state index contributed by atoms with van der Waals surface area (Å²) in [6, 6.07) is 12.4. The van der Waals surface area contributed by atoms with E-state index in [1.807, 2.05) is 36.2 Å². The number of fused-ring (bicyclic) bond motifs is 2. The number of hydrogen-bond acceptors (Lipinski definition) is 4. The van der Waals surface area contributed by atoms with Crippen molar-refractivity contribution in [3.63, 3.8) is 0 Å². The van der Waals surface area contributed by atoms with Crippen molar-refractivity contribution in [3.8, 4) is 5.75 Å². The molecule has 0 saturated heterocycles. The highest BCUT2D eigenvalue weighted by Crippen LogP contribution is 2.34. The quantitative estimate of drug-likeness (QED) is 0.442. The van der Waals surface area contributed by atoms with E-state index in [4.69, 9.17) is 21.4 Å². The molecule has 2 unspecified atom stereocenters. The summed E-state index contributed by atoms with van der Waals surface area (Å²) in [6.45, 7) is 6.39. The molecule has 0 spiro atoms. The van der Waals surface area contributed by atoms with Crippen LogP contribution in [0.25, 0.3) is 17.0 Å². The minimum Gasteiger partial charge on any atom is -0.485 e. The zero-order valence-corrected chi connectivity index (χ0v) is 20.2. The molecule has 0 fully saturated rings. The second-order valence-electron chi connectivity index (χ2n) is 9.16. The van der Waals surface area contributed by atoms with Crippen molar-refractivity contribution in [3.05, 3.63) is 63.8 Å². The van der Waals surface area contributed by atoms with Crippen molar-refractivity contribution in [2.75, 3.05) is 13.6 Å². The zero-order valence-electron chi connectivity index (χ0n) is 19.4. The smallest absolute Gasteiger partial charge is 0.317 e. The molecule has 2 atom stereocenters. The molecular weight excluding hydrogens is 438 g/mol. The molecule has 0 amide bonds. The van der Waals surface area contributed by atoms with Crippen LogP contribution in [-0.4, -0.2) is 45.8 Å². The van der Waals surface area contributed by atoms with Crippen LogP contribution in [0.1, 0.15) is 50.0 Å². The van der Waals surface area contributed by atoms with Gasteiger partial charge in [0.25, 0.3) is 0 Å². The fourth-order valence-electron chi connectivity index (χ4n) is 4.44. The van der Waals surface area contributed by atoms with Crippen molar-refractivity contribution >= 4 is 34.5 Å². The third-order valence-electron chi connectivity index (χ3n) is 6.45. The van der Waals surface area contributed by atoms with E-state index in [0.717, 1.165) is 35.1 Å². The Morgan fingerprint density at radius 2 is 2.00 bits per heavy atom. The normalized spacial score (nSPS) is 15.4. The van der Waals surface area contributed by atoms with Crippen molar-refractivity contribution in [1.29, 1.82) is 0 Å². The Labute approximate surface area is 199 Å². The number of carboxylic acids is 1. The summed E-state index contributed by atoms with van der Waals surface area (Å²) in [5.41, 5.74) is 5.58. The minimum atomic E-state index is -0.808. The number of benzene rings is 2. The number of H-pyrrole nitrogens is 1. The maximum absolute atomic E-state index is 11.1. The molecule has 1 aromatic heterocycles. The molecule has 2 N–H and O–H groups in total. The lowest BCUT2D eigenvalue weighted by Gasteiger charge is -2.29. The SMILES string of the molecule is CC(C)C(Oc1ccc2c(c1)CCC(C(C)N(C)CC(=O)O)=C2)c1ccc2n[nH]c(Cl)c2c1. The van der Waals surface area contributed by atoms with Gasteiger partial charge in [-0.25, -0.2) is 0 Å². The van der Waals surface area contributed by atoms with E-state index in [1.165, 1.54) is 16.7 Å². The summed E-state index contributed by atoms with van der Waals surface area (Å²) in [5, 5.41) is 17.5. The van der Waals surface area contributed by atoms with E-state index >= 15 is 0 Å². The molecule has 0 saturated carbocycles. The number of likely N-dealkylation sites (N-methyl/N-ethyl adjacent to an activating group) is 1. The maximum atomic E-state index is 11.1. The highest BCUT2D eigenvalue weighted by atomic mass is 35.5. The second-order valence-corrected chi connectivity index (χ2v) is 9.54. The molecule has 174 valence electrons. The van der Waals surface area contributed by atoms with Gasteiger partial charge in [-0.2, -0.15) is 5.10 Å². The number of aryl methyl sites for hydroxylation is 1. The first-order valence-electron chi connectivity index (χ1n) is 11.3. The molecule has 0 aliphatic heterocycles. The van der Waals surface area contributed by atoms with Crippen LogP contribution in [0, 0.1) is 5.92 Å². The number of hydrogen-bond donors (Lipinski definition) is 2. The number of aromatic nitrogens is 2. The van der Waals surface area contributed by atoms with E-state index in [9.17, 15) is 4.79 Å². The lowest BCUT2D eigenvalue weighted by atomic mass is 9.88. The fourth-order valence-corrected chi connectivity index (χ4v) is 4.63. The molecule has 0 bridgehead atoms. The predicted octanol–water partition coefficient (Wildman–Crippen LogP) is 5.73. The van der Waals surface area contributed by atoms with Crippen LogP contribution in [0.5, 0.6) is 5.75 Å². The van der Waals surface area contributed by atoms with Crippen LogP contribution in [-0.2, 0) is 11.2 Å². The van der Waals surface area contributed by atoms with Gasteiger partial charge in [0, 0.05) is 11.4 Å². The average Bonchev–Trinajstić information content (AvgIpc) is 3.16. The molecular formula is C26H30ClN3O3. The Morgan fingerprint density at radius 1 is 1.21 bits per heavy atom. The van der Waals surface area contributed by atoms with Crippen LogP contribution < -0.4 is 4.74 Å². The molecule has 6 nitrogen and oxygen atoms in total. The summed E-state index contributed by atoms with van der Waals surface area (Å²) in [4.78, 5) is 12.9. The summed E-state index contributed by atoms with van der Waals surface area (Å²) >= 11 is 6.25.